The number of hydrogen-bond donors (Lipinski definition) is 2. The van der Waals surface area contributed by atoms with Crippen LogP contribution in [0.1, 0.15) is 35.7 Å². The Morgan fingerprint density at radius 2 is 2.06 bits per heavy atom. The van der Waals surface area contributed by atoms with Gasteiger partial charge in [-0.3, -0.25) is 10.2 Å². The van der Waals surface area contributed by atoms with E-state index in [9.17, 15) is 4.79 Å². The van der Waals surface area contributed by atoms with E-state index in [0.29, 0.717) is 5.56 Å². The van der Waals surface area contributed by atoms with Crippen LogP contribution in [0.25, 0.3) is 0 Å². The second-order valence-electron chi connectivity index (χ2n) is 3.58. The first-order chi connectivity index (χ1) is 7.77. The average molecular weight is 238 g/mol. The molecule has 3 nitrogen and oxygen atoms in total. The van der Waals surface area contributed by atoms with E-state index < -0.39 is 0 Å². The summed E-state index contributed by atoms with van der Waals surface area (Å²) in [5.41, 5.74) is 3.96. The Bertz CT molecular complexity index is 324. The van der Waals surface area contributed by atoms with Crippen molar-refractivity contribution >= 4 is 17.7 Å². The minimum atomic E-state index is -0.245. The molecule has 0 aliphatic rings. The number of thioether (sulfide) groups is 1. The fourth-order valence-corrected chi connectivity index (χ4v) is 2.34. The summed E-state index contributed by atoms with van der Waals surface area (Å²) in [4.78, 5) is 11.2. The molecule has 3 N–H and O–H groups in total. The highest BCUT2D eigenvalue weighted by molar-refractivity contribution is 7.98. The second-order valence-corrected chi connectivity index (χ2v) is 4.68. The number of hydrazine groups is 1. The first-order valence-corrected chi connectivity index (χ1v) is 6.61. The smallest absolute Gasteiger partial charge is 0.265 e. The summed E-state index contributed by atoms with van der Waals surface area (Å²) in [6, 6.07) is 7.56. The monoisotopic (exact) mass is 238 g/mol. The Morgan fingerprint density at radius 3 is 2.62 bits per heavy atom. The van der Waals surface area contributed by atoms with Crippen LogP contribution >= 0.6 is 11.8 Å². The molecule has 0 atom stereocenters. The molecule has 0 saturated heterocycles. The maximum atomic E-state index is 11.2. The number of nitrogens with one attached hydrogen (secondary N) is 1. The molecule has 1 aromatic rings. The number of unbranched alkanes of at least 4 members (excludes halogenated alkanes) is 1. The van der Waals surface area contributed by atoms with E-state index >= 15 is 0 Å². The van der Waals surface area contributed by atoms with Crippen molar-refractivity contribution in [2.45, 2.75) is 25.5 Å². The molecule has 1 rings (SSSR count). The fourth-order valence-electron chi connectivity index (χ4n) is 1.27. The molecule has 1 amide bonds. The van der Waals surface area contributed by atoms with Crippen LogP contribution in [0.15, 0.2) is 24.3 Å². The second kappa shape index (κ2) is 7.30. The molecule has 0 aliphatic heterocycles. The standard InChI is InChI=1S/C12H18N2OS/c1-2-3-8-16-9-10-4-6-11(7-5-10)12(15)14-13/h4-7H,2-3,8-9,13H2,1H3,(H,14,15). The number of rotatable bonds is 6. The van der Waals surface area contributed by atoms with Gasteiger partial charge in [-0.2, -0.15) is 11.8 Å². The third-order valence-corrected chi connectivity index (χ3v) is 3.37. The number of nitrogens with two attached hydrogens (primary N) is 1. The average Bonchev–Trinajstić information content (AvgIpc) is 2.34. The highest BCUT2D eigenvalue weighted by Gasteiger charge is 2.02. The number of benzene rings is 1. The third-order valence-electron chi connectivity index (χ3n) is 2.26. The molecule has 0 aliphatic carbocycles. The van der Waals surface area contributed by atoms with Crippen molar-refractivity contribution in [1.29, 1.82) is 0 Å². The van der Waals surface area contributed by atoms with E-state index in [1.54, 1.807) is 12.1 Å². The molecule has 16 heavy (non-hydrogen) atoms. The fraction of sp³-hybridized carbons (Fsp3) is 0.417. The van der Waals surface area contributed by atoms with E-state index in [-0.39, 0.29) is 5.91 Å². The SMILES string of the molecule is CCCCSCc1ccc(C(=O)NN)cc1. The lowest BCUT2D eigenvalue weighted by Crippen LogP contribution is -2.29. The summed E-state index contributed by atoms with van der Waals surface area (Å²) < 4.78 is 0. The molecule has 0 spiro atoms. The van der Waals surface area contributed by atoms with Crippen molar-refractivity contribution in [3.8, 4) is 0 Å². The van der Waals surface area contributed by atoms with Crippen LogP contribution in [0.4, 0.5) is 0 Å². The van der Waals surface area contributed by atoms with Gasteiger partial charge in [0, 0.05) is 11.3 Å². The predicted molar refractivity (Wildman–Crippen MR) is 69.2 cm³/mol. The highest BCUT2D eigenvalue weighted by Crippen LogP contribution is 2.14. The van der Waals surface area contributed by atoms with Gasteiger partial charge in [0.1, 0.15) is 0 Å². The molecule has 4 heteroatoms. The van der Waals surface area contributed by atoms with Crippen LogP contribution in [0, 0.1) is 0 Å². The zero-order valence-corrected chi connectivity index (χ0v) is 10.3. The topological polar surface area (TPSA) is 55.1 Å². The molecular formula is C12H18N2OS. The van der Waals surface area contributed by atoms with Gasteiger partial charge in [0.2, 0.25) is 0 Å². The van der Waals surface area contributed by atoms with E-state index in [0.717, 1.165) is 5.75 Å². The highest BCUT2D eigenvalue weighted by atomic mass is 32.2. The summed E-state index contributed by atoms with van der Waals surface area (Å²) in [6.07, 6.45) is 2.50. The Hall–Kier alpha value is -1.00. The third kappa shape index (κ3) is 4.24. The van der Waals surface area contributed by atoms with Crippen LogP contribution in [-0.4, -0.2) is 11.7 Å². The Labute approximate surface area is 101 Å². The Kier molecular flexibility index (Phi) is 5.96. The first kappa shape index (κ1) is 13.1. The van der Waals surface area contributed by atoms with E-state index in [1.165, 1.54) is 24.2 Å². The minimum absolute atomic E-state index is 0.245. The zero-order valence-electron chi connectivity index (χ0n) is 9.53. The van der Waals surface area contributed by atoms with E-state index in [2.05, 4.69) is 12.3 Å². The lowest BCUT2D eigenvalue weighted by molar-refractivity contribution is 0.0953. The maximum Gasteiger partial charge on any atom is 0.265 e. The number of hydrogen-bond acceptors (Lipinski definition) is 3. The number of nitrogen functional groups attached to an aromatic ring is 1. The Balaban J connectivity index is 2.42. The van der Waals surface area contributed by atoms with Crippen molar-refractivity contribution < 1.29 is 4.79 Å². The quantitative estimate of drug-likeness (QED) is 0.346. The van der Waals surface area contributed by atoms with Gasteiger partial charge in [0.15, 0.2) is 0 Å². The van der Waals surface area contributed by atoms with Crippen LogP contribution in [-0.2, 0) is 5.75 Å². The summed E-state index contributed by atoms with van der Waals surface area (Å²) in [5, 5.41) is 0. The predicted octanol–water partition coefficient (Wildman–Crippen LogP) is 2.32. The molecule has 0 bridgehead atoms. The molecule has 0 aromatic heterocycles. The van der Waals surface area contributed by atoms with Crippen molar-refractivity contribution in [1.82, 2.24) is 5.43 Å². The normalized spacial score (nSPS) is 10.1. The number of carbonyl (C=O) groups is 1. The summed E-state index contributed by atoms with van der Waals surface area (Å²) >= 11 is 1.93. The van der Waals surface area contributed by atoms with Gasteiger partial charge < -0.3 is 0 Å². The van der Waals surface area contributed by atoms with Gasteiger partial charge in [0.05, 0.1) is 0 Å². The minimum Gasteiger partial charge on any atom is -0.290 e. The molecule has 0 unspecified atom stereocenters. The summed E-state index contributed by atoms with van der Waals surface area (Å²) in [5.74, 6) is 7.01. The molecule has 0 saturated carbocycles. The first-order valence-electron chi connectivity index (χ1n) is 5.45. The lowest BCUT2D eigenvalue weighted by atomic mass is 10.1. The van der Waals surface area contributed by atoms with Crippen molar-refractivity contribution in [3.05, 3.63) is 35.4 Å². The lowest BCUT2D eigenvalue weighted by Gasteiger charge is -2.03. The van der Waals surface area contributed by atoms with Crippen LogP contribution in [0.5, 0.6) is 0 Å². The molecule has 0 heterocycles. The van der Waals surface area contributed by atoms with Crippen LogP contribution in [0.2, 0.25) is 0 Å². The van der Waals surface area contributed by atoms with Gasteiger partial charge in [-0.1, -0.05) is 25.5 Å². The largest absolute Gasteiger partial charge is 0.290 e. The molecule has 88 valence electrons. The van der Waals surface area contributed by atoms with Crippen molar-refractivity contribution in [2.75, 3.05) is 5.75 Å². The van der Waals surface area contributed by atoms with Gasteiger partial charge in [-0.15, -0.1) is 0 Å². The van der Waals surface area contributed by atoms with Crippen molar-refractivity contribution in [3.63, 3.8) is 0 Å². The molecule has 0 radical (unpaired) electrons. The van der Waals surface area contributed by atoms with Gasteiger partial charge in [-0.05, 0) is 29.9 Å². The van der Waals surface area contributed by atoms with Gasteiger partial charge in [-0.25, -0.2) is 5.84 Å². The zero-order chi connectivity index (χ0) is 11.8. The molecule has 1 aromatic carbocycles. The molecular weight excluding hydrogens is 220 g/mol. The Morgan fingerprint density at radius 1 is 1.38 bits per heavy atom. The van der Waals surface area contributed by atoms with Gasteiger partial charge >= 0.3 is 0 Å². The summed E-state index contributed by atoms with van der Waals surface area (Å²) in [7, 11) is 0. The maximum absolute atomic E-state index is 11.2. The van der Waals surface area contributed by atoms with E-state index in [1.807, 2.05) is 23.9 Å². The van der Waals surface area contributed by atoms with Crippen molar-refractivity contribution in [2.24, 2.45) is 5.84 Å². The van der Waals surface area contributed by atoms with E-state index in [4.69, 9.17) is 5.84 Å². The molecule has 0 fully saturated rings. The van der Waals surface area contributed by atoms with Gasteiger partial charge in [0.25, 0.3) is 5.91 Å². The number of carbonyl (C=O) groups excluding carboxylic acids is 1. The van der Waals surface area contributed by atoms with Crippen LogP contribution < -0.4 is 11.3 Å². The number of amides is 1. The summed E-state index contributed by atoms with van der Waals surface area (Å²) in [6.45, 7) is 2.20. The van der Waals surface area contributed by atoms with Crippen LogP contribution in [0.3, 0.4) is 0 Å².